The second-order valence-electron chi connectivity index (χ2n) is 3.23. The molecule has 0 bridgehead atoms. The fourth-order valence-electron chi connectivity index (χ4n) is 0.771. The molecule has 0 aliphatic carbocycles. The van der Waals surface area contributed by atoms with Gasteiger partial charge >= 0.3 is 6.18 Å². The van der Waals surface area contributed by atoms with E-state index in [-0.39, 0.29) is 0 Å². The lowest BCUT2D eigenvalue weighted by molar-refractivity contribution is -0.184. The summed E-state index contributed by atoms with van der Waals surface area (Å²) in [4.78, 5) is 11.2. The number of carbonyl (C=O) groups is 1. The maximum atomic E-state index is 12.3. The third kappa shape index (κ3) is 2.30. The molecule has 84 valence electrons. The molecule has 1 amide bonds. The minimum absolute atomic E-state index is 0.617. The molecule has 0 spiro atoms. The van der Waals surface area contributed by atoms with Crippen molar-refractivity contribution < 1.29 is 18.0 Å². The van der Waals surface area contributed by atoms with Gasteiger partial charge in [-0.05, 0) is 19.1 Å². The van der Waals surface area contributed by atoms with Crippen molar-refractivity contribution in [3.05, 3.63) is 24.5 Å². The Morgan fingerprint density at radius 1 is 1.33 bits per heavy atom. The van der Waals surface area contributed by atoms with Crippen LogP contribution in [0.4, 0.5) is 13.2 Å². The molecular weight excluding hydrogens is 211 g/mol. The molecule has 7 heteroatoms. The van der Waals surface area contributed by atoms with Crippen LogP contribution in [0.1, 0.15) is 6.92 Å². The molecule has 0 aliphatic heterocycles. The van der Waals surface area contributed by atoms with Crippen LogP contribution in [0, 0.1) is 0 Å². The third-order valence-electron chi connectivity index (χ3n) is 1.90. The summed E-state index contributed by atoms with van der Waals surface area (Å²) in [6, 6.07) is 3.11. The van der Waals surface area contributed by atoms with Gasteiger partial charge in [0, 0.05) is 12.4 Å². The minimum atomic E-state index is -4.79. The van der Waals surface area contributed by atoms with Crippen molar-refractivity contribution in [1.82, 2.24) is 4.68 Å². The summed E-state index contributed by atoms with van der Waals surface area (Å²) in [7, 11) is 0. The fraction of sp³-hybridized carbons (Fsp3) is 0.375. The number of nitrogens with zero attached hydrogens (tertiary/aromatic N) is 1. The average molecular weight is 221 g/mol. The maximum absolute atomic E-state index is 12.3. The quantitative estimate of drug-likeness (QED) is 0.777. The van der Waals surface area contributed by atoms with E-state index in [2.05, 4.69) is 0 Å². The standard InChI is InChI=1S/C8H10F3N3O/c1-7(12,8(9,10)11)6(15)13-14-4-2-3-5-14/h2-5H,12H2,1H3,(H,13,15). The second kappa shape index (κ2) is 3.58. The minimum Gasteiger partial charge on any atom is -0.310 e. The zero-order valence-corrected chi connectivity index (χ0v) is 7.88. The summed E-state index contributed by atoms with van der Waals surface area (Å²) in [5.74, 6) is -1.31. The highest BCUT2D eigenvalue weighted by Crippen LogP contribution is 2.28. The summed E-state index contributed by atoms with van der Waals surface area (Å²) in [6.45, 7) is 0.617. The van der Waals surface area contributed by atoms with Gasteiger partial charge in [0.15, 0.2) is 5.54 Å². The molecule has 1 atom stereocenters. The van der Waals surface area contributed by atoms with Gasteiger partial charge < -0.3 is 5.73 Å². The van der Waals surface area contributed by atoms with E-state index in [1.165, 1.54) is 12.4 Å². The number of halogens is 3. The molecule has 0 saturated carbocycles. The van der Waals surface area contributed by atoms with Crippen molar-refractivity contribution in [2.45, 2.75) is 18.6 Å². The second-order valence-corrected chi connectivity index (χ2v) is 3.23. The van der Waals surface area contributed by atoms with Crippen molar-refractivity contribution in [1.29, 1.82) is 0 Å². The molecule has 1 aromatic heterocycles. The van der Waals surface area contributed by atoms with Gasteiger partial charge in [0.1, 0.15) is 0 Å². The van der Waals surface area contributed by atoms with Crippen LogP contribution in [-0.2, 0) is 4.79 Å². The molecule has 15 heavy (non-hydrogen) atoms. The fourth-order valence-corrected chi connectivity index (χ4v) is 0.771. The summed E-state index contributed by atoms with van der Waals surface area (Å²) in [5.41, 5.74) is 4.00. The number of nitrogens with two attached hydrogens (primary N) is 1. The number of amides is 1. The zero-order valence-electron chi connectivity index (χ0n) is 7.88. The molecule has 4 nitrogen and oxygen atoms in total. The van der Waals surface area contributed by atoms with Gasteiger partial charge in [-0.1, -0.05) is 0 Å². The first-order valence-corrected chi connectivity index (χ1v) is 4.05. The van der Waals surface area contributed by atoms with Crippen LogP contribution in [0.2, 0.25) is 0 Å². The number of aromatic nitrogens is 1. The van der Waals surface area contributed by atoms with Gasteiger partial charge in [0.05, 0.1) is 0 Å². The first-order valence-electron chi connectivity index (χ1n) is 4.05. The Labute approximate surface area is 83.8 Å². The Bertz CT molecular complexity index is 343. The van der Waals surface area contributed by atoms with Crippen LogP contribution in [0.15, 0.2) is 24.5 Å². The smallest absolute Gasteiger partial charge is 0.310 e. The number of alkyl halides is 3. The Kier molecular flexibility index (Phi) is 2.76. The number of carbonyl (C=O) groups excluding carboxylic acids is 1. The Balaban J connectivity index is 2.77. The Morgan fingerprint density at radius 2 is 1.80 bits per heavy atom. The normalized spacial score (nSPS) is 15.8. The summed E-state index contributed by atoms with van der Waals surface area (Å²) >= 11 is 0. The molecule has 0 aromatic carbocycles. The first kappa shape index (κ1) is 11.6. The van der Waals surface area contributed by atoms with Crippen LogP contribution in [0.5, 0.6) is 0 Å². The molecule has 1 unspecified atom stereocenters. The number of hydrogen-bond acceptors (Lipinski definition) is 2. The Hall–Kier alpha value is -1.50. The highest BCUT2D eigenvalue weighted by Gasteiger charge is 2.54. The molecule has 1 aromatic rings. The van der Waals surface area contributed by atoms with Gasteiger partial charge in [-0.15, -0.1) is 0 Å². The van der Waals surface area contributed by atoms with Crippen molar-refractivity contribution >= 4 is 5.91 Å². The lowest BCUT2D eigenvalue weighted by atomic mass is 10.0. The maximum Gasteiger partial charge on any atom is 0.415 e. The molecule has 3 N–H and O–H groups in total. The molecule has 1 rings (SSSR count). The Morgan fingerprint density at radius 3 is 2.20 bits per heavy atom. The SMILES string of the molecule is CC(N)(C(=O)Nn1cccc1)C(F)(F)F. The third-order valence-corrected chi connectivity index (χ3v) is 1.90. The van der Waals surface area contributed by atoms with Crippen molar-refractivity contribution in [2.75, 3.05) is 5.43 Å². The van der Waals surface area contributed by atoms with Gasteiger partial charge in [0.2, 0.25) is 0 Å². The summed E-state index contributed by atoms with van der Waals surface area (Å²) in [5, 5.41) is 0. The first-order chi connectivity index (χ1) is 6.75. The lowest BCUT2D eigenvalue weighted by Crippen LogP contribution is -2.60. The molecule has 0 fully saturated rings. The van der Waals surface area contributed by atoms with E-state index in [0.29, 0.717) is 6.92 Å². The van der Waals surface area contributed by atoms with Crippen LogP contribution in [0.3, 0.4) is 0 Å². The van der Waals surface area contributed by atoms with Gasteiger partial charge in [-0.3, -0.25) is 14.9 Å². The van der Waals surface area contributed by atoms with Crippen molar-refractivity contribution in [2.24, 2.45) is 5.73 Å². The van der Waals surface area contributed by atoms with Gasteiger partial charge in [-0.25, -0.2) is 0 Å². The monoisotopic (exact) mass is 221 g/mol. The zero-order chi connectivity index (χ0) is 11.7. The van der Waals surface area contributed by atoms with Crippen molar-refractivity contribution in [3.63, 3.8) is 0 Å². The number of nitrogens with one attached hydrogen (secondary N) is 1. The molecule has 0 saturated heterocycles. The number of rotatable bonds is 2. The molecule has 0 radical (unpaired) electrons. The van der Waals surface area contributed by atoms with Crippen LogP contribution < -0.4 is 11.2 Å². The van der Waals surface area contributed by atoms with Crippen LogP contribution >= 0.6 is 0 Å². The van der Waals surface area contributed by atoms with E-state index >= 15 is 0 Å². The topological polar surface area (TPSA) is 60.1 Å². The summed E-state index contributed by atoms with van der Waals surface area (Å²) < 4.78 is 38.0. The highest BCUT2D eigenvalue weighted by atomic mass is 19.4. The predicted octanol–water partition coefficient (Wildman–Crippen LogP) is 0.838. The predicted molar refractivity (Wildman–Crippen MR) is 47.4 cm³/mol. The number of hydrogen-bond donors (Lipinski definition) is 2. The largest absolute Gasteiger partial charge is 0.415 e. The van der Waals surface area contributed by atoms with E-state index in [0.717, 1.165) is 4.68 Å². The van der Waals surface area contributed by atoms with E-state index in [1.54, 1.807) is 12.1 Å². The lowest BCUT2D eigenvalue weighted by Gasteiger charge is -2.26. The summed E-state index contributed by atoms with van der Waals surface area (Å²) in [6.07, 6.45) is -2.00. The van der Waals surface area contributed by atoms with Crippen molar-refractivity contribution in [3.8, 4) is 0 Å². The molecule has 1 heterocycles. The van der Waals surface area contributed by atoms with Crippen LogP contribution in [-0.4, -0.2) is 22.3 Å². The van der Waals surface area contributed by atoms with E-state index in [9.17, 15) is 18.0 Å². The van der Waals surface area contributed by atoms with E-state index < -0.39 is 17.6 Å². The average Bonchev–Trinajstić information content (AvgIpc) is 2.54. The van der Waals surface area contributed by atoms with Crippen LogP contribution in [0.25, 0.3) is 0 Å². The highest BCUT2D eigenvalue weighted by molar-refractivity contribution is 5.93. The van der Waals surface area contributed by atoms with E-state index in [1.807, 2.05) is 5.43 Å². The molecular formula is C8H10F3N3O. The van der Waals surface area contributed by atoms with E-state index in [4.69, 9.17) is 5.73 Å². The van der Waals surface area contributed by atoms with Gasteiger partial charge in [0.25, 0.3) is 5.91 Å². The molecule has 0 aliphatic rings. The van der Waals surface area contributed by atoms with Gasteiger partial charge in [-0.2, -0.15) is 13.2 Å².